The Bertz CT molecular complexity index is 282. The van der Waals surface area contributed by atoms with Crippen molar-refractivity contribution >= 4 is 0 Å². The van der Waals surface area contributed by atoms with Crippen molar-refractivity contribution in [1.29, 1.82) is 0 Å². The van der Waals surface area contributed by atoms with Crippen LogP contribution in [0.25, 0.3) is 0 Å². The van der Waals surface area contributed by atoms with Gasteiger partial charge in [0, 0.05) is 19.1 Å². The largest absolute Gasteiger partial charge is 0.391 e. The zero-order valence-electron chi connectivity index (χ0n) is 11.7. The molecule has 2 aliphatic heterocycles. The van der Waals surface area contributed by atoms with E-state index in [4.69, 9.17) is 4.74 Å². The number of ether oxygens (including phenoxy) is 1. The molecule has 3 nitrogen and oxygen atoms in total. The van der Waals surface area contributed by atoms with Gasteiger partial charge in [-0.25, -0.2) is 0 Å². The van der Waals surface area contributed by atoms with E-state index < -0.39 is 0 Å². The third-order valence-electron chi connectivity index (χ3n) is 5.31. The number of aliphatic hydroxyl groups excluding tert-OH is 1. The summed E-state index contributed by atoms with van der Waals surface area (Å²) in [6.07, 6.45) is 6.57. The summed E-state index contributed by atoms with van der Waals surface area (Å²) >= 11 is 0. The summed E-state index contributed by atoms with van der Waals surface area (Å²) in [6.45, 7) is 6.73. The lowest BCUT2D eigenvalue weighted by molar-refractivity contribution is -0.0879. The first-order valence-electron chi connectivity index (χ1n) is 7.71. The zero-order chi connectivity index (χ0) is 12.7. The Labute approximate surface area is 110 Å². The monoisotopic (exact) mass is 253 g/mol. The number of rotatable bonds is 2. The van der Waals surface area contributed by atoms with Crippen molar-refractivity contribution in [2.24, 2.45) is 11.8 Å². The Balaban J connectivity index is 1.66. The number of hydrogen-bond donors (Lipinski definition) is 1. The second-order valence-electron chi connectivity index (χ2n) is 6.86. The van der Waals surface area contributed by atoms with E-state index >= 15 is 0 Å². The van der Waals surface area contributed by atoms with Gasteiger partial charge in [0.1, 0.15) is 0 Å². The smallest absolute Gasteiger partial charge is 0.0707 e. The van der Waals surface area contributed by atoms with Crippen molar-refractivity contribution in [2.45, 2.75) is 70.3 Å². The summed E-state index contributed by atoms with van der Waals surface area (Å²) in [6, 6.07) is 0.387. The van der Waals surface area contributed by atoms with Crippen LogP contribution < -0.4 is 0 Å². The highest BCUT2D eigenvalue weighted by atomic mass is 16.5. The van der Waals surface area contributed by atoms with Crippen LogP contribution in [0, 0.1) is 11.8 Å². The van der Waals surface area contributed by atoms with Gasteiger partial charge in [-0.3, -0.25) is 4.90 Å². The van der Waals surface area contributed by atoms with Gasteiger partial charge in [0.2, 0.25) is 0 Å². The molecule has 2 bridgehead atoms. The predicted octanol–water partition coefficient (Wildman–Crippen LogP) is 2.04. The highest BCUT2D eigenvalue weighted by molar-refractivity contribution is 4.93. The molecule has 2 heterocycles. The van der Waals surface area contributed by atoms with E-state index in [0.29, 0.717) is 18.2 Å². The fraction of sp³-hybridized carbons (Fsp3) is 1.00. The van der Waals surface area contributed by atoms with Crippen molar-refractivity contribution in [3.63, 3.8) is 0 Å². The highest BCUT2D eigenvalue weighted by Crippen LogP contribution is 2.36. The molecular formula is C15H27NO2. The molecule has 0 spiro atoms. The Morgan fingerprint density at radius 3 is 2.33 bits per heavy atom. The lowest BCUT2D eigenvalue weighted by Crippen LogP contribution is -2.54. The molecule has 1 aliphatic carbocycles. The minimum atomic E-state index is -0.113. The second kappa shape index (κ2) is 5.10. The molecule has 0 amide bonds. The molecule has 1 saturated carbocycles. The fourth-order valence-corrected chi connectivity index (χ4v) is 4.08. The SMILES string of the molecule is CC(C)C1CCC(O)C(N2CC3CCC(C2)O3)C1. The van der Waals surface area contributed by atoms with Gasteiger partial charge in [-0.2, -0.15) is 0 Å². The lowest BCUT2D eigenvalue weighted by Gasteiger charge is -2.44. The molecule has 0 radical (unpaired) electrons. The molecule has 3 heteroatoms. The minimum absolute atomic E-state index is 0.113. The van der Waals surface area contributed by atoms with Gasteiger partial charge in [0.15, 0.2) is 0 Å². The van der Waals surface area contributed by atoms with E-state index in [-0.39, 0.29) is 6.10 Å². The van der Waals surface area contributed by atoms with E-state index in [1.54, 1.807) is 0 Å². The van der Waals surface area contributed by atoms with Gasteiger partial charge >= 0.3 is 0 Å². The molecule has 2 saturated heterocycles. The quantitative estimate of drug-likeness (QED) is 0.817. The van der Waals surface area contributed by atoms with Gasteiger partial charge in [0.25, 0.3) is 0 Å². The Morgan fingerprint density at radius 1 is 1.06 bits per heavy atom. The van der Waals surface area contributed by atoms with Crippen molar-refractivity contribution in [1.82, 2.24) is 4.90 Å². The van der Waals surface area contributed by atoms with Crippen LogP contribution in [0.1, 0.15) is 46.0 Å². The number of hydrogen-bond acceptors (Lipinski definition) is 3. The maximum absolute atomic E-state index is 10.3. The van der Waals surface area contributed by atoms with E-state index in [1.807, 2.05) is 0 Å². The predicted molar refractivity (Wildman–Crippen MR) is 71.4 cm³/mol. The van der Waals surface area contributed by atoms with Gasteiger partial charge in [-0.05, 0) is 43.9 Å². The van der Waals surface area contributed by atoms with Crippen LogP contribution in [-0.4, -0.2) is 47.4 Å². The molecule has 3 aliphatic rings. The first kappa shape index (κ1) is 12.9. The van der Waals surface area contributed by atoms with Gasteiger partial charge < -0.3 is 9.84 Å². The molecule has 3 fully saturated rings. The molecule has 5 atom stereocenters. The van der Waals surface area contributed by atoms with Gasteiger partial charge in [0.05, 0.1) is 18.3 Å². The number of aliphatic hydroxyl groups is 1. The molecule has 3 rings (SSSR count). The molecule has 5 unspecified atom stereocenters. The van der Waals surface area contributed by atoms with Crippen molar-refractivity contribution < 1.29 is 9.84 Å². The third kappa shape index (κ3) is 2.45. The number of morpholine rings is 1. The van der Waals surface area contributed by atoms with Crippen molar-refractivity contribution in [2.75, 3.05) is 13.1 Å². The summed E-state index contributed by atoms with van der Waals surface area (Å²) in [4.78, 5) is 2.53. The van der Waals surface area contributed by atoms with Gasteiger partial charge in [-0.15, -0.1) is 0 Å². The number of fused-ring (bicyclic) bond motifs is 2. The summed E-state index contributed by atoms with van der Waals surface area (Å²) in [7, 11) is 0. The van der Waals surface area contributed by atoms with Crippen LogP contribution in [-0.2, 0) is 4.74 Å². The van der Waals surface area contributed by atoms with Crippen molar-refractivity contribution in [3.05, 3.63) is 0 Å². The van der Waals surface area contributed by atoms with Gasteiger partial charge in [-0.1, -0.05) is 13.8 Å². The van der Waals surface area contributed by atoms with E-state index in [2.05, 4.69) is 18.7 Å². The Kier molecular flexibility index (Phi) is 3.65. The van der Waals surface area contributed by atoms with E-state index in [9.17, 15) is 5.11 Å². The first-order valence-corrected chi connectivity index (χ1v) is 7.71. The van der Waals surface area contributed by atoms with Crippen molar-refractivity contribution in [3.8, 4) is 0 Å². The third-order valence-corrected chi connectivity index (χ3v) is 5.31. The number of likely N-dealkylation sites (tertiary alicyclic amines) is 1. The molecule has 0 aromatic carbocycles. The van der Waals surface area contributed by atoms with E-state index in [0.717, 1.165) is 31.3 Å². The molecule has 1 N–H and O–H groups in total. The van der Waals surface area contributed by atoms with Crippen LogP contribution in [0.3, 0.4) is 0 Å². The van der Waals surface area contributed by atoms with Crippen LogP contribution in [0.5, 0.6) is 0 Å². The highest BCUT2D eigenvalue weighted by Gasteiger charge is 2.41. The van der Waals surface area contributed by atoms with Crippen LogP contribution in [0.15, 0.2) is 0 Å². The summed E-state index contributed by atoms with van der Waals surface area (Å²) < 4.78 is 5.90. The maximum Gasteiger partial charge on any atom is 0.0707 e. The maximum atomic E-state index is 10.3. The van der Waals surface area contributed by atoms with Crippen LogP contribution in [0.2, 0.25) is 0 Å². The minimum Gasteiger partial charge on any atom is -0.391 e. The summed E-state index contributed by atoms with van der Waals surface area (Å²) in [5, 5.41) is 10.3. The average Bonchev–Trinajstić information content (AvgIpc) is 2.68. The molecule has 0 aromatic heterocycles. The normalized spacial score (nSPS) is 45.7. The average molecular weight is 253 g/mol. The summed E-state index contributed by atoms with van der Waals surface area (Å²) in [5.74, 6) is 1.54. The molecule has 18 heavy (non-hydrogen) atoms. The molecular weight excluding hydrogens is 226 g/mol. The molecule has 0 aromatic rings. The molecule has 104 valence electrons. The van der Waals surface area contributed by atoms with Crippen LogP contribution >= 0.6 is 0 Å². The van der Waals surface area contributed by atoms with Crippen LogP contribution in [0.4, 0.5) is 0 Å². The standard InChI is InChI=1S/C15H27NO2/c1-10(2)11-3-6-15(17)14(7-11)16-8-12-4-5-13(9-16)18-12/h10-15,17H,3-9H2,1-2H3. The van der Waals surface area contributed by atoms with E-state index in [1.165, 1.54) is 25.7 Å². The summed E-state index contributed by atoms with van der Waals surface area (Å²) in [5.41, 5.74) is 0. The fourth-order valence-electron chi connectivity index (χ4n) is 4.08. The Morgan fingerprint density at radius 2 is 1.72 bits per heavy atom. The first-order chi connectivity index (χ1) is 8.63. The second-order valence-corrected chi connectivity index (χ2v) is 6.86. The topological polar surface area (TPSA) is 32.7 Å². The lowest BCUT2D eigenvalue weighted by atomic mass is 9.77. The number of nitrogens with zero attached hydrogens (tertiary/aromatic N) is 1. The Hall–Kier alpha value is -0.120. The zero-order valence-corrected chi connectivity index (χ0v) is 11.7.